The normalized spacial score (nSPS) is 24.8. The number of nitrogens with zero attached hydrogens (tertiary/aromatic N) is 1. The molecule has 1 rings (SSSR count). The van der Waals surface area contributed by atoms with Gasteiger partial charge >= 0.3 is 0 Å². The highest BCUT2D eigenvalue weighted by molar-refractivity contribution is 5.76. The van der Waals surface area contributed by atoms with Gasteiger partial charge in [-0.2, -0.15) is 0 Å². The summed E-state index contributed by atoms with van der Waals surface area (Å²) >= 11 is 0. The van der Waals surface area contributed by atoms with Crippen LogP contribution in [0.25, 0.3) is 0 Å². The Morgan fingerprint density at radius 2 is 2.78 bits per heavy atom. The van der Waals surface area contributed by atoms with Gasteiger partial charge in [0.25, 0.3) is 0 Å². The van der Waals surface area contributed by atoms with Gasteiger partial charge in [0, 0.05) is 19.2 Å². The molecule has 0 aromatic carbocycles. The topological polar surface area (TPSA) is 41.5 Å². The van der Waals surface area contributed by atoms with Gasteiger partial charge in [0.05, 0.1) is 0 Å². The van der Waals surface area contributed by atoms with Crippen molar-refractivity contribution in [3.8, 4) is 0 Å². The van der Waals surface area contributed by atoms with E-state index >= 15 is 0 Å². The minimum Gasteiger partial charge on any atom is -0.300 e. The minimum absolute atomic E-state index is 0.0579. The van der Waals surface area contributed by atoms with E-state index in [0.717, 1.165) is 6.54 Å². The third-order valence-electron chi connectivity index (χ3n) is 1.21. The Bertz CT molecular complexity index is 142. The number of aliphatic imine (C=N–C) groups is 1. The van der Waals surface area contributed by atoms with Gasteiger partial charge in [0.2, 0.25) is 0 Å². The summed E-state index contributed by atoms with van der Waals surface area (Å²) in [7, 11) is 0. The molecular weight excluding hydrogens is 116 g/mol. The average Bonchev–Trinajstić information content (AvgIpc) is 2.15. The van der Waals surface area contributed by atoms with Crippen LogP contribution in [0, 0.1) is 0 Å². The number of rotatable bonds is 2. The molecule has 0 amide bonds. The molecule has 0 saturated carbocycles. The summed E-state index contributed by atoms with van der Waals surface area (Å²) in [5.41, 5.74) is 0. The van der Waals surface area contributed by atoms with Crippen molar-refractivity contribution in [3.05, 3.63) is 0 Å². The first-order valence-electron chi connectivity index (χ1n) is 3.03. The van der Waals surface area contributed by atoms with Gasteiger partial charge in [-0.15, -0.1) is 0 Å². The molecular formula is C6H10N2O. The highest BCUT2D eigenvalue weighted by Crippen LogP contribution is 1.97. The Morgan fingerprint density at radius 1 is 2.00 bits per heavy atom. The fourth-order valence-corrected chi connectivity index (χ4v) is 0.819. The van der Waals surface area contributed by atoms with Crippen molar-refractivity contribution >= 4 is 12.0 Å². The van der Waals surface area contributed by atoms with Gasteiger partial charge in [-0.1, -0.05) is 0 Å². The van der Waals surface area contributed by atoms with E-state index in [2.05, 4.69) is 10.3 Å². The highest BCUT2D eigenvalue weighted by atomic mass is 16.1. The summed E-state index contributed by atoms with van der Waals surface area (Å²) in [5, 5.41) is 3.04. The molecule has 0 aromatic rings. The molecule has 1 aliphatic rings. The van der Waals surface area contributed by atoms with E-state index in [9.17, 15) is 4.79 Å². The van der Waals surface area contributed by atoms with Crippen molar-refractivity contribution in [1.82, 2.24) is 5.32 Å². The highest BCUT2D eigenvalue weighted by Gasteiger charge is 2.10. The fraction of sp³-hybridized carbons (Fsp3) is 0.667. The summed E-state index contributed by atoms with van der Waals surface area (Å²) in [5.74, 6) is 0.187. The smallest absolute Gasteiger partial charge is 0.133 e. The van der Waals surface area contributed by atoms with Crippen LogP contribution in [0.4, 0.5) is 0 Å². The Hall–Kier alpha value is -0.700. The summed E-state index contributed by atoms with van der Waals surface area (Å²) in [6.45, 7) is 2.38. The zero-order valence-corrected chi connectivity index (χ0v) is 5.42. The van der Waals surface area contributed by atoms with Crippen LogP contribution in [-0.2, 0) is 4.79 Å². The van der Waals surface area contributed by atoms with Crippen LogP contribution in [-0.4, -0.2) is 24.7 Å². The number of nitrogens with one attached hydrogen (secondary N) is 1. The average molecular weight is 126 g/mol. The van der Waals surface area contributed by atoms with Gasteiger partial charge in [-0.25, -0.2) is 0 Å². The third-order valence-corrected chi connectivity index (χ3v) is 1.21. The fourth-order valence-electron chi connectivity index (χ4n) is 0.819. The molecule has 1 N–H and O–H groups in total. The minimum atomic E-state index is 0.0579. The molecule has 0 bridgehead atoms. The van der Waals surface area contributed by atoms with Gasteiger partial charge in [-0.3, -0.25) is 15.1 Å². The molecule has 3 heteroatoms. The first-order valence-corrected chi connectivity index (χ1v) is 3.03. The molecule has 0 aromatic heterocycles. The number of carbonyl (C=O) groups is 1. The Balaban J connectivity index is 2.28. The van der Waals surface area contributed by atoms with Gasteiger partial charge in [0.1, 0.15) is 11.9 Å². The van der Waals surface area contributed by atoms with Crippen LogP contribution in [0.2, 0.25) is 0 Å². The summed E-state index contributed by atoms with van der Waals surface area (Å²) in [6.07, 6.45) is 2.38. The molecule has 0 saturated heterocycles. The monoisotopic (exact) mass is 126 g/mol. The van der Waals surface area contributed by atoms with E-state index in [0.29, 0.717) is 6.42 Å². The van der Waals surface area contributed by atoms with Gasteiger partial charge < -0.3 is 0 Å². The van der Waals surface area contributed by atoms with Crippen LogP contribution in [0.3, 0.4) is 0 Å². The second kappa shape index (κ2) is 2.73. The van der Waals surface area contributed by atoms with Crippen molar-refractivity contribution in [3.63, 3.8) is 0 Å². The molecule has 1 unspecified atom stereocenters. The number of hydrogen-bond donors (Lipinski definition) is 1. The van der Waals surface area contributed by atoms with E-state index in [1.807, 2.05) is 0 Å². The van der Waals surface area contributed by atoms with Crippen molar-refractivity contribution < 1.29 is 4.79 Å². The van der Waals surface area contributed by atoms with E-state index < -0.39 is 0 Å². The molecule has 0 spiro atoms. The lowest BCUT2D eigenvalue weighted by atomic mass is 10.3. The maximum atomic E-state index is 10.5. The molecule has 0 fully saturated rings. The zero-order chi connectivity index (χ0) is 6.69. The van der Waals surface area contributed by atoms with E-state index in [4.69, 9.17) is 0 Å². The van der Waals surface area contributed by atoms with Crippen LogP contribution >= 0.6 is 0 Å². The Morgan fingerprint density at radius 3 is 3.22 bits per heavy atom. The molecule has 0 radical (unpaired) electrons. The van der Waals surface area contributed by atoms with Crippen LogP contribution < -0.4 is 5.32 Å². The number of carbonyl (C=O) groups excluding carboxylic acids is 1. The standard InChI is InChI=1S/C6H10N2O/c1-5(9)4-6-7-2-3-8-6/h2,6,8H,3-4H2,1H3. The quantitative estimate of drug-likeness (QED) is 0.564. The van der Waals surface area contributed by atoms with Crippen molar-refractivity contribution in [2.45, 2.75) is 19.5 Å². The van der Waals surface area contributed by atoms with Crippen molar-refractivity contribution in [2.24, 2.45) is 4.99 Å². The first kappa shape index (κ1) is 6.42. The maximum absolute atomic E-state index is 10.5. The molecule has 50 valence electrons. The van der Waals surface area contributed by atoms with Crippen LogP contribution in [0.1, 0.15) is 13.3 Å². The van der Waals surface area contributed by atoms with Crippen molar-refractivity contribution in [1.29, 1.82) is 0 Å². The predicted octanol–water partition coefficient (Wildman–Crippen LogP) is -0.0344. The second-order valence-corrected chi connectivity index (χ2v) is 2.16. The summed E-state index contributed by atoms with van der Waals surface area (Å²) in [6, 6.07) is 0. The van der Waals surface area contributed by atoms with Gasteiger partial charge in [-0.05, 0) is 6.92 Å². The molecule has 9 heavy (non-hydrogen) atoms. The van der Waals surface area contributed by atoms with Crippen LogP contribution in [0.5, 0.6) is 0 Å². The molecule has 1 aliphatic heterocycles. The molecule has 0 aliphatic carbocycles. The maximum Gasteiger partial charge on any atom is 0.133 e. The second-order valence-electron chi connectivity index (χ2n) is 2.16. The first-order chi connectivity index (χ1) is 4.29. The van der Waals surface area contributed by atoms with E-state index in [1.54, 1.807) is 13.1 Å². The largest absolute Gasteiger partial charge is 0.300 e. The van der Waals surface area contributed by atoms with E-state index in [-0.39, 0.29) is 11.9 Å². The molecule has 1 atom stereocenters. The number of ketones is 1. The lowest BCUT2D eigenvalue weighted by Gasteiger charge is -2.02. The van der Waals surface area contributed by atoms with Gasteiger partial charge in [0.15, 0.2) is 0 Å². The Kier molecular flexibility index (Phi) is 1.95. The lowest BCUT2D eigenvalue weighted by Crippen LogP contribution is -2.24. The SMILES string of the molecule is CC(=O)CC1N=CCN1. The number of hydrogen-bond acceptors (Lipinski definition) is 3. The Labute approximate surface area is 54.2 Å². The third kappa shape index (κ3) is 1.93. The zero-order valence-electron chi connectivity index (χ0n) is 5.42. The number of Topliss-reactive ketones (excluding diaryl/α,β-unsaturated/α-hetero) is 1. The van der Waals surface area contributed by atoms with Crippen LogP contribution in [0.15, 0.2) is 4.99 Å². The predicted molar refractivity (Wildman–Crippen MR) is 35.6 cm³/mol. The molecule has 1 heterocycles. The van der Waals surface area contributed by atoms with E-state index in [1.165, 1.54) is 0 Å². The molecule has 3 nitrogen and oxygen atoms in total. The lowest BCUT2D eigenvalue weighted by molar-refractivity contribution is -0.117. The van der Waals surface area contributed by atoms with Crippen molar-refractivity contribution in [2.75, 3.05) is 6.54 Å². The summed E-state index contributed by atoms with van der Waals surface area (Å²) < 4.78 is 0. The summed E-state index contributed by atoms with van der Waals surface area (Å²) in [4.78, 5) is 14.5.